The lowest BCUT2D eigenvalue weighted by Crippen LogP contribution is -2.12. The van der Waals surface area contributed by atoms with Gasteiger partial charge in [0.2, 0.25) is 11.7 Å². The highest BCUT2D eigenvalue weighted by molar-refractivity contribution is 6.07. The molecule has 0 fully saturated rings. The van der Waals surface area contributed by atoms with Crippen LogP contribution in [0.15, 0.2) is 66.2 Å². The Labute approximate surface area is 204 Å². The summed E-state index contributed by atoms with van der Waals surface area (Å²) >= 11 is 0. The minimum Gasteiger partial charge on any atom is -0.502 e. The summed E-state index contributed by atoms with van der Waals surface area (Å²) in [5, 5.41) is 13.2. The molecule has 0 atom stereocenters. The fraction of sp³-hybridized carbons (Fsp3) is 0.207. The molecular formula is C29H28FNO4. The van der Waals surface area contributed by atoms with Crippen molar-refractivity contribution in [3.05, 3.63) is 94.3 Å². The largest absolute Gasteiger partial charge is 0.502 e. The minimum absolute atomic E-state index is 0.0499. The molecule has 0 aromatic heterocycles. The van der Waals surface area contributed by atoms with Crippen LogP contribution in [0.2, 0.25) is 0 Å². The molecule has 0 heterocycles. The second-order valence-electron chi connectivity index (χ2n) is 8.50. The molecule has 5 nitrogen and oxygen atoms in total. The quantitative estimate of drug-likeness (QED) is 0.423. The maximum Gasteiger partial charge on any atom is 0.228 e. The van der Waals surface area contributed by atoms with Crippen LogP contribution in [-0.2, 0) is 11.2 Å². The number of benzene rings is 3. The summed E-state index contributed by atoms with van der Waals surface area (Å²) in [6, 6.07) is 15.8. The Bertz CT molecular complexity index is 1330. The van der Waals surface area contributed by atoms with E-state index >= 15 is 0 Å². The third-order valence-electron chi connectivity index (χ3n) is 6.29. The number of aromatic hydroxyl groups is 1. The van der Waals surface area contributed by atoms with Crippen molar-refractivity contribution in [3.63, 3.8) is 0 Å². The first kappa shape index (κ1) is 24.1. The van der Waals surface area contributed by atoms with Gasteiger partial charge in [-0.25, -0.2) is 4.39 Å². The highest BCUT2D eigenvalue weighted by Gasteiger charge is 2.26. The van der Waals surface area contributed by atoms with E-state index in [0.717, 1.165) is 44.7 Å². The van der Waals surface area contributed by atoms with Crippen molar-refractivity contribution in [2.24, 2.45) is 0 Å². The first-order chi connectivity index (χ1) is 16.8. The van der Waals surface area contributed by atoms with E-state index in [-0.39, 0.29) is 23.9 Å². The Morgan fingerprint density at radius 1 is 1.00 bits per heavy atom. The summed E-state index contributed by atoms with van der Waals surface area (Å²) in [4.78, 5) is 12.9. The van der Waals surface area contributed by atoms with Gasteiger partial charge in [-0.2, -0.15) is 0 Å². The molecule has 2 N–H and O–H groups in total. The number of carbonyl (C=O) groups is 1. The van der Waals surface area contributed by atoms with Crippen LogP contribution in [0.4, 0.5) is 10.1 Å². The maximum atomic E-state index is 14.2. The smallest absolute Gasteiger partial charge is 0.228 e. The molecule has 0 radical (unpaired) electrons. The molecule has 0 spiro atoms. The molecule has 0 bridgehead atoms. The average Bonchev–Trinajstić information content (AvgIpc) is 3.09. The number of para-hydroxylation sites is 1. The molecule has 6 heteroatoms. The van der Waals surface area contributed by atoms with Crippen molar-refractivity contribution in [2.45, 2.75) is 26.7 Å². The number of phenolic OH excluding ortho intramolecular Hbond substituents is 1. The Morgan fingerprint density at radius 3 is 2.34 bits per heavy atom. The number of halogens is 1. The summed E-state index contributed by atoms with van der Waals surface area (Å²) < 4.78 is 24.7. The van der Waals surface area contributed by atoms with Gasteiger partial charge in [0.05, 0.1) is 20.6 Å². The van der Waals surface area contributed by atoms with Crippen LogP contribution >= 0.6 is 0 Å². The van der Waals surface area contributed by atoms with Crippen LogP contribution in [0.25, 0.3) is 11.1 Å². The van der Waals surface area contributed by atoms with Crippen molar-refractivity contribution >= 4 is 22.7 Å². The molecule has 0 unspecified atom stereocenters. The standard InChI is InChI=1S/C29H28FNO4/c1-17-7-5-6-8-25(17)31-28(32)16-23-18(2)21(22-12-10-20(30)15-24(22)23)11-9-19-13-26(34-3)29(33)27(14-19)35-4/h5-8,10-15,33H,9,16H2,1-4H3,(H,31,32)/b21-11-. The Hall–Kier alpha value is -4.06. The summed E-state index contributed by atoms with van der Waals surface area (Å²) in [5.41, 5.74) is 6.93. The zero-order valence-electron chi connectivity index (χ0n) is 20.2. The second-order valence-corrected chi connectivity index (χ2v) is 8.50. The number of nitrogens with one attached hydrogen (secondary N) is 1. The second kappa shape index (κ2) is 10.1. The topological polar surface area (TPSA) is 67.8 Å². The fourth-order valence-corrected chi connectivity index (χ4v) is 4.41. The summed E-state index contributed by atoms with van der Waals surface area (Å²) in [6.07, 6.45) is 2.71. The zero-order chi connectivity index (χ0) is 25.1. The number of anilines is 1. The van der Waals surface area contributed by atoms with E-state index in [2.05, 4.69) is 5.32 Å². The summed E-state index contributed by atoms with van der Waals surface area (Å²) in [5.74, 6) is 0.104. The van der Waals surface area contributed by atoms with Gasteiger partial charge in [0.15, 0.2) is 11.5 Å². The van der Waals surface area contributed by atoms with Gasteiger partial charge in [-0.05, 0) is 89.6 Å². The molecule has 0 saturated heterocycles. The lowest BCUT2D eigenvalue weighted by molar-refractivity contribution is -0.115. The van der Waals surface area contributed by atoms with Gasteiger partial charge in [-0.1, -0.05) is 30.3 Å². The molecular weight excluding hydrogens is 445 g/mol. The molecule has 0 saturated carbocycles. The van der Waals surface area contributed by atoms with E-state index in [1.54, 1.807) is 18.2 Å². The average molecular weight is 474 g/mol. The molecule has 0 aliphatic heterocycles. The van der Waals surface area contributed by atoms with Gasteiger partial charge < -0.3 is 19.9 Å². The van der Waals surface area contributed by atoms with E-state index in [9.17, 15) is 14.3 Å². The number of ether oxygens (including phenoxy) is 2. The number of allylic oxidation sites excluding steroid dienone is 3. The zero-order valence-corrected chi connectivity index (χ0v) is 20.2. The number of fused-ring (bicyclic) bond motifs is 1. The number of amides is 1. The third-order valence-corrected chi connectivity index (χ3v) is 6.29. The lowest BCUT2D eigenvalue weighted by Gasteiger charge is -2.11. The van der Waals surface area contributed by atoms with E-state index in [0.29, 0.717) is 17.9 Å². The molecule has 1 aliphatic rings. The third kappa shape index (κ3) is 4.92. The highest BCUT2D eigenvalue weighted by atomic mass is 19.1. The molecule has 4 rings (SSSR count). The molecule has 35 heavy (non-hydrogen) atoms. The number of rotatable bonds is 7. The highest BCUT2D eigenvalue weighted by Crippen LogP contribution is 2.44. The van der Waals surface area contributed by atoms with Crippen molar-refractivity contribution < 1.29 is 23.8 Å². The normalized spacial score (nSPS) is 13.7. The molecule has 1 aliphatic carbocycles. The van der Waals surface area contributed by atoms with Crippen LogP contribution in [-0.4, -0.2) is 25.2 Å². The molecule has 1 amide bonds. The number of methoxy groups -OCH3 is 2. The minimum atomic E-state index is -0.345. The van der Waals surface area contributed by atoms with E-state index in [1.807, 2.05) is 44.2 Å². The van der Waals surface area contributed by atoms with Crippen LogP contribution in [0.1, 0.15) is 35.6 Å². The lowest BCUT2D eigenvalue weighted by atomic mass is 10.00. The Balaban J connectivity index is 1.66. The van der Waals surface area contributed by atoms with Crippen molar-refractivity contribution in [3.8, 4) is 17.2 Å². The van der Waals surface area contributed by atoms with Crippen molar-refractivity contribution in [1.29, 1.82) is 0 Å². The Morgan fingerprint density at radius 2 is 1.69 bits per heavy atom. The number of aryl methyl sites for hydroxylation is 1. The first-order valence-electron chi connectivity index (χ1n) is 11.3. The predicted molar refractivity (Wildman–Crippen MR) is 136 cm³/mol. The van der Waals surface area contributed by atoms with Gasteiger partial charge >= 0.3 is 0 Å². The summed E-state index contributed by atoms with van der Waals surface area (Å²) in [7, 11) is 2.97. The number of carbonyl (C=O) groups excluding carboxylic acids is 1. The van der Waals surface area contributed by atoms with Gasteiger partial charge in [0, 0.05) is 5.69 Å². The van der Waals surface area contributed by atoms with Crippen LogP contribution in [0.5, 0.6) is 17.2 Å². The van der Waals surface area contributed by atoms with Gasteiger partial charge in [0.25, 0.3) is 0 Å². The van der Waals surface area contributed by atoms with Gasteiger partial charge in [0.1, 0.15) is 5.82 Å². The molecule has 180 valence electrons. The number of hydrogen-bond donors (Lipinski definition) is 2. The van der Waals surface area contributed by atoms with Crippen LogP contribution in [0, 0.1) is 12.7 Å². The van der Waals surface area contributed by atoms with E-state index < -0.39 is 0 Å². The van der Waals surface area contributed by atoms with Gasteiger partial charge in [-0.3, -0.25) is 4.79 Å². The number of hydrogen-bond acceptors (Lipinski definition) is 4. The number of phenols is 1. The summed E-state index contributed by atoms with van der Waals surface area (Å²) in [6.45, 7) is 3.90. The maximum absolute atomic E-state index is 14.2. The first-order valence-corrected chi connectivity index (χ1v) is 11.3. The van der Waals surface area contributed by atoms with Crippen molar-refractivity contribution in [1.82, 2.24) is 0 Å². The molecule has 3 aromatic carbocycles. The SMILES string of the molecule is COc1cc(C/C=C2/C(C)=C(CC(=O)Nc3ccccc3C)c3cc(F)ccc32)cc(OC)c1O. The molecule has 3 aromatic rings. The van der Waals surface area contributed by atoms with Crippen molar-refractivity contribution in [2.75, 3.05) is 19.5 Å². The van der Waals surface area contributed by atoms with E-state index in [4.69, 9.17) is 9.47 Å². The predicted octanol–water partition coefficient (Wildman–Crippen LogP) is 6.30. The van der Waals surface area contributed by atoms with E-state index in [1.165, 1.54) is 26.4 Å². The van der Waals surface area contributed by atoms with Crippen LogP contribution < -0.4 is 14.8 Å². The Kier molecular flexibility index (Phi) is 6.92. The van der Waals surface area contributed by atoms with Gasteiger partial charge in [-0.15, -0.1) is 0 Å². The van der Waals surface area contributed by atoms with Crippen LogP contribution in [0.3, 0.4) is 0 Å². The monoisotopic (exact) mass is 473 g/mol. The fourth-order valence-electron chi connectivity index (χ4n) is 4.41.